The minimum Gasteiger partial charge on any atom is -0.507 e. The van der Waals surface area contributed by atoms with E-state index in [-0.39, 0.29) is 145 Å². The molecule has 2 unspecified atom stereocenters. The van der Waals surface area contributed by atoms with Gasteiger partial charge in [0.05, 0.1) is 96.0 Å². The molecule has 4 heterocycles. The van der Waals surface area contributed by atoms with Gasteiger partial charge in [-0.15, -0.1) is 17.5 Å². The predicted molar refractivity (Wildman–Crippen MR) is 433 cm³/mol. The molecule has 16 atom stereocenters. The van der Waals surface area contributed by atoms with Crippen LogP contribution in [0.5, 0.6) is 34.5 Å². The smallest absolute Gasteiger partial charge is 0.507 e. The second-order valence-corrected chi connectivity index (χ2v) is 33.3. The lowest BCUT2D eigenvalue weighted by Gasteiger charge is -2.42. The molecule has 4 fully saturated rings. The Morgan fingerprint density at radius 2 is 0.961 bits per heavy atom. The lowest BCUT2D eigenvalue weighted by Crippen LogP contribution is -2.56. The fraction of sp³-hybridized carbons (Fsp3) is 0.506. The SMILES string of the molecule is COc1cccc2c1C(=O)c1c(O)c3c(c(O)c1C2=O)C[C@@](O)(C(=O)CO)C[C@@H]3OC1C[C@H](N)[C@H](O)[C@H](C)O1.COc1cccc2c1C(=O)c1c(O)c3c(c(O)c1C2=O)C[C@@](O)(C(=O)CO)C[C@@H]3OC1C[C@H](NC(=O)O[C@H]2/C=C/CC[C@@](C)(C(=O)CCC(=O)O)CC2)[C@H](O)[C@H](C)O1.C[C@]1(C(=O)ON2C(=O)CCC2=O)CC/C=C/[C@@H](OC(=O)ON2C(=O)CCC2=O)CC1.Cl. The zero-order valence-corrected chi connectivity index (χ0v) is 71.1. The number of ether oxygens (including phenoxy) is 8. The van der Waals surface area contributed by atoms with Crippen molar-refractivity contribution in [2.24, 2.45) is 16.6 Å². The van der Waals surface area contributed by atoms with Crippen molar-refractivity contribution < 1.29 is 176 Å². The van der Waals surface area contributed by atoms with Crippen molar-refractivity contribution in [1.29, 1.82) is 0 Å². The Hall–Kier alpha value is -11.5. The number of hydrogen-bond donors (Lipinski definition) is 13. The Morgan fingerprint density at radius 1 is 0.539 bits per heavy atom. The number of allylic oxidation sites excluding steroid dienone is 2. The first-order chi connectivity index (χ1) is 60.0. The molecule has 14 rings (SSSR count). The van der Waals surface area contributed by atoms with Crippen molar-refractivity contribution in [3.63, 3.8) is 0 Å². The first-order valence-corrected chi connectivity index (χ1v) is 41.1. The molecule has 4 aromatic rings. The highest BCUT2D eigenvalue weighted by atomic mass is 35.5. The summed E-state index contributed by atoms with van der Waals surface area (Å²) in [6.45, 7) is 4.37. The van der Waals surface area contributed by atoms with Crippen LogP contribution in [-0.2, 0) is 94.1 Å². The Balaban J connectivity index is 0.000000197. The molecular formula is C87H99ClN4O36. The van der Waals surface area contributed by atoms with Gasteiger partial charge in [0.2, 0.25) is 11.6 Å². The summed E-state index contributed by atoms with van der Waals surface area (Å²) in [5.41, 5.74) is -3.69. The van der Waals surface area contributed by atoms with Crippen LogP contribution in [0.15, 0.2) is 60.7 Å². The standard InChI is InChI=1S/C41H47NO16.C27H29NO11.C19H22N2O9.ClH/c1-19-34(48)23(42-39(53)57-20-7-4-5-13-40(2,14-12-20)26(44)10-11-28(46)47)15-29(56-19)58-25-17-41(54,27(45)18-43)16-22-31(25)38(52)33-32(36(22)50)35(49)21-8-6-9-24(55-3)30(21)37(33)51;1-10-22(31)13(28)6-17(38-10)39-15-8-27(36,16(30)9-29)7-12-19(15)26(35)21-20(24(12)33)23(32)11-4-3-5-14(37-2)18(11)25(21)34;1-19(17(26)29-20-13(22)5-6-14(20)23)10-3-2-4-12(9-11-19)28-18(27)30-21-15(24)7-8-16(21)25;/h4,6-9,19-20,23,25,29,34,43,48,50,52,54H,5,10-18H2,1-3H3,(H,42,53)(H,46,47);3-5,10,13,15,17,22,29,31,33,35-36H,6-9,28H2,1-2H3;2,4,12H,3,5-11H2,1H3;1H/b7-4+;;4-2+;/t19-,20-,23-,25-,29?,34+,40+,41-;10-,13-,15-,17?,22+,27-;12-,19+;/m001./s1. The minimum atomic E-state index is -2.38. The maximum Gasteiger partial charge on any atom is 0.534 e. The summed E-state index contributed by atoms with van der Waals surface area (Å²) in [7, 11) is 2.62. The molecule has 4 saturated heterocycles. The van der Waals surface area contributed by atoms with Crippen LogP contribution in [0.25, 0.3) is 0 Å². The van der Waals surface area contributed by atoms with E-state index < -0.39 is 262 Å². The van der Waals surface area contributed by atoms with Crippen LogP contribution in [0.2, 0.25) is 0 Å². The third kappa shape index (κ3) is 19.4. The van der Waals surface area contributed by atoms with Gasteiger partial charge in [0, 0.05) is 115 Å². The third-order valence-electron chi connectivity index (χ3n) is 24.8. The number of imide groups is 2. The lowest BCUT2D eigenvalue weighted by molar-refractivity contribution is -0.249. The van der Waals surface area contributed by atoms with E-state index in [0.717, 1.165) is 0 Å². The van der Waals surface area contributed by atoms with Crippen LogP contribution in [0, 0.1) is 10.8 Å². The van der Waals surface area contributed by atoms with Crippen LogP contribution in [-0.4, -0.2) is 255 Å². The quantitative estimate of drug-likeness (QED) is 0.0217. The first-order valence-electron chi connectivity index (χ1n) is 41.1. The summed E-state index contributed by atoms with van der Waals surface area (Å²) < 4.78 is 45.3. The highest BCUT2D eigenvalue weighted by Gasteiger charge is 2.54. The summed E-state index contributed by atoms with van der Waals surface area (Å²) in [4.78, 5) is 198. The van der Waals surface area contributed by atoms with Crippen molar-refractivity contribution in [3.8, 4) is 34.5 Å². The molecule has 14 N–H and O–H groups in total. The number of fused-ring (bicyclic) bond motifs is 6. The summed E-state index contributed by atoms with van der Waals surface area (Å²) >= 11 is 0. The number of phenolic OH excluding ortho intramolecular Hbond substituents is 4. The number of aromatic hydroxyl groups is 4. The first kappa shape index (κ1) is 97.1. The van der Waals surface area contributed by atoms with E-state index in [9.17, 15) is 123 Å². The number of phenols is 4. The maximum atomic E-state index is 14.0. The molecule has 0 saturated carbocycles. The van der Waals surface area contributed by atoms with Gasteiger partial charge in [-0.05, 0) is 96.4 Å². The number of nitrogens with two attached hydrogens (primary N) is 1. The highest BCUT2D eigenvalue weighted by molar-refractivity contribution is 6.32. The van der Waals surface area contributed by atoms with Crippen LogP contribution < -0.4 is 20.5 Å². The van der Waals surface area contributed by atoms with Crippen molar-refractivity contribution in [2.45, 2.75) is 241 Å². The molecule has 690 valence electrons. The van der Waals surface area contributed by atoms with E-state index in [1.54, 1.807) is 45.1 Å². The van der Waals surface area contributed by atoms with Gasteiger partial charge in [-0.2, -0.15) is 0 Å². The van der Waals surface area contributed by atoms with Crippen molar-refractivity contribution in [2.75, 3.05) is 27.4 Å². The molecule has 0 spiro atoms. The number of ketones is 7. The molecule has 4 aliphatic heterocycles. The fourth-order valence-corrected chi connectivity index (χ4v) is 17.5. The van der Waals surface area contributed by atoms with Gasteiger partial charge in [-0.3, -0.25) is 62.4 Å². The topological polar surface area (TPSA) is 615 Å². The number of hydroxylamine groups is 4. The van der Waals surface area contributed by atoms with Crippen molar-refractivity contribution in [1.82, 2.24) is 15.4 Å². The number of alkyl carbamates (subject to hydrolysis) is 1. The summed E-state index contributed by atoms with van der Waals surface area (Å²) in [6, 6.07) is 6.85. The largest absolute Gasteiger partial charge is 0.534 e. The number of aliphatic hydroxyl groups excluding tert-OH is 4. The number of hydrogen-bond acceptors (Lipinski definition) is 36. The second-order valence-electron chi connectivity index (χ2n) is 33.3. The number of benzene rings is 4. The monoisotopic (exact) mass is 1810 g/mol. The van der Waals surface area contributed by atoms with Crippen molar-refractivity contribution >= 4 is 101 Å². The molecule has 40 nitrogen and oxygen atoms in total. The molecule has 0 radical (unpaired) electrons. The molecule has 10 aliphatic rings. The fourth-order valence-electron chi connectivity index (χ4n) is 17.5. The summed E-state index contributed by atoms with van der Waals surface area (Å²) in [6.07, 6.45) is -6.04. The van der Waals surface area contributed by atoms with Crippen LogP contribution >= 0.6 is 12.4 Å². The van der Waals surface area contributed by atoms with E-state index in [1.807, 2.05) is 0 Å². The zero-order chi connectivity index (χ0) is 92.5. The van der Waals surface area contributed by atoms with E-state index in [4.69, 9.17) is 53.6 Å². The summed E-state index contributed by atoms with van der Waals surface area (Å²) in [5, 5.41) is 122. The molecule has 6 aliphatic carbocycles. The number of carboxylic acid groups (broad SMARTS) is 1. The van der Waals surface area contributed by atoms with Crippen molar-refractivity contribution in [3.05, 3.63) is 127 Å². The number of nitrogens with one attached hydrogen (secondary N) is 1. The number of Topliss-reactive ketones (excluding diaryl/α,β-unsaturated/α-hetero) is 3. The van der Waals surface area contributed by atoms with Gasteiger partial charge in [-0.1, -0.05) is 48.4 Å². The van der Waals surface area contributed by atoms with Gasteiger partial charge >= 0.3 is 24.2 Å². The van der Waals surface area contributed by atoms with E-state index in [0.29, 0.717) is 42.2 Å². The van der Waals surface area contributed by atoms with Gasteiger partial charge < -0.3 is 110 Å². The van der Waals surface area contributed by atoms with Gasteiger partial charge in [0.25, 0.3) is 23.6 Å². The van der Waals surface area contributed by atoms with Gasteiger partial charge in [0.1, 0.15) is 83.0 Å². The average Bonchev–Trinajstić information content (AvgIpc) is 0.753. The number of aliphatic hydroxyl groups is 6. The molecule has 41 heteroatoms. The number of halogens is 1. The lowest BCUT2D eigenvalue weighted by atomic mass is 9.72. The molecule has 0 bridgehead atoms. The van der Waals surface area contributed by atoms with Gasteiger partial charge in [-0.25, -0.2) is 14.4 Å². The average molecular weight is 1810 g/mol. The molecule has 128 heavy (non-hydrogen) atoms. The van der Waals surface area contributed by atoms with Crippen LogP contribution in [0.1, 0.15) is 241 Å². The van der Waals surface area contributed by atoms with Gasteiger partial charge in [0.15, 0.2) is 35.7 Å². The third-order valence-corrected chi connectivity index (χ3v) is 24.8. The Kier molecular flexibility index (Phi) is 29.7. The van der Waals surface area contributed by atoms with E-state index in [2.05, 4.69) is 10.2 Å². The molecule has 0 aromatic heterocycles. The zero-order valence-electron chi connectivity index (χ0n) is 70.3. The number of nitrogens with zero attached hydrogens (tertiary/aromatic N) is 2. The number of carbonyl (C=O) groups is 15. The van der Waals surface area contributed by atoms with E-state index in [1.165, 1.54) is 57.5 Å². The van der Waals surface area contributed by atoms with Crippen LogP contribution in [0.4, 0.5) is 9.59 Å². The predicted octanol–water partition coefficient (Wildman–Crippen LogP) is 4.45. The minimum absolute atomic E-state index is 0. The number of rotatable bonds is 20. The Labute approximate surface area is 735 Å². The van der Waals surface area contributed by atoms with E-state index >= 15 is 0 Å². The highest BCUT2D eigenvalue weighted by Crippen LogP contribution is 2.56. The maximum absolute atomic E-state index is 14.0. The normalized spacial score (nSPS) is 29.2. The number of carboxylic acids is 1. The number of methoxy groups -OCH3 is 2. The second kappa shape index (κ2) is 39.2. The molecular weight excluding hydrogens is 1710 g/mol. The molecule has 4 aromatic carbocycles. The number of carbonyl (C=O) groups excluding carboxylic acids is 14. The number of amides is 5. The Morgan fingerprint density at radius 3 is 1.41 bits per heavy atom. The summed E-state index contributed by atoms with van der Waals surface area (Å²) in [5.74, 6) is -12.3. The van der Waals surface area contributed by atoms with Crippen LogP contribution in [0.3, 0.4) is 0 Å². The molecule has 5 amide bonds. The Bertz CT molecular complexity index is 5200. The number of aliphatic carboxylic acids is 1.